The molecule has 2 fully saturated rings. The second kappa shape index (κ2) is 13.5. The third-order valence-corrected chi connectivity index (χ3v) is 9.77. The van der Waals surface area contributed by atoms with Crippen LogP contribution in [0, 0.1) is 17.8 Å². The Balaban J connectivity index is 1.09. The summed E-state index contributed by atoms with van der Waals surface area (Å²) in [5, 5.41) is 8.06. The average molecular weight is 606 g/mol. The minimum Gasteiger partial charge on any atom is -0.406 e. The van der Waals surface area contributed by atoms with Crippen LogP contribution >= 0.6 is 0 Å². The SMILES string of the molecule is O=S(=O)(NCC1CCC(CNc2nc(NCC3CCCCC3)c3ccccc3n2)CC1)c1ccc(OC(F)(F)F)cc1. The molecular weight excluding hydrogens is 567 g/mol. The van der Waals surface area contributed by atoms with Gasteiger partial charge in [-0.2, -0.15) is 4.98 Å². The smallest absolute Gasteiger partial charge is 0.406 e. The lowest BCUT2D eigenvalue weighted by atomic mass is 9.82. The predicted octanol–water partition coefficient (Wildman–Crippen LogP) is 6.72. The van der Waals surface area contributed by atoms with Crippen molar-refractivity contribution in [2.24, 2.45) is 17.8 Å². The predicted molar refractivity (Wildman–Crippen MR) is 157 cm³/mol. The quantitative estimate of drug-likeness (QED) is 0.223. The van der Waals surface area contributed by atoms with E-state index in [1.807, 2.05) is 18.2 Å². The number of alkyl halides is 3. The maximum absolute atomic E-state index is 12.6. The van der Waals surface area contributed by atoms with Gasteiger partial charge in [0.2, 0.25) is 16.0 Å². The number of anilines is 2. The van der Waals surface area contributed by atoms with Crippen molar-refractivity contribution in [3.05, 3.63) is 48.5 Å². The lowest BCUT2D eigenvalue weighted by Crippen LogP contribution is -2.32. The summed E-state index contributed by atoms with van der Waals surface area (Å²) in [5.41, 5.74) is 0.902. The van der Waals surface area contributed by atoms with E-state index in [4.69, 9.17) is 9.97 Å². The molecule has 0 radical (unpaired) electrons. The number of fused-ring (bicyclic) bond motifs is 1. The van der Waals surface area contributed by atoms with Crippen LogP contribution < -0.4 is 20.1 Å². The van der Waals surface area contributed by atoms with Gasteiger partial charge in [-0.3, -0.25) is 0 Å². The van der Waals surface area contributed by atoms with Gasteiger partial charge in [-0.25, -0.2) is 18.1 Å². The van der Waals surface area contributed by atoms with Crippen molar-refractivity contribution in [3.63, 3.8) is 0 Å². The van der Waals surface area contributed by atoms with Crippen LogP contribution in [0.5, 0.6) is 5.75 Å². The summed E-state index contributed by atoms with van der Waals surface area (Å²) < 4.78 is 68.8. The van der Waals surface area contributed by atoms with Gasteiger partial charge in [0.15, 0.2) is 0 Å². The molecule has 3 aromatic rings. The van der Waals surface area contributed by atoms with Crippen LogP contribution in [0.25, 0.3) is 10.9 Å². The van der Waals surface area contributed by atoms with Gasteiger partial charge in [0.25, 0.3) is 0 Å². The first-order chi connectivity index (χ1) is 20.1. The Morgan fingerprint density at radius 2 is 1.38 bits per heavy atom. The lowest BCUT2D eigenvalue weighted by molar-refractivity contribution is -0.274. The van der Waals surface area contributed by atoms with Gasteiger partial charge < -0.3 is 15.4 Å². The lowest BCUT2D eigenvalue weighted by Gasteiger charge is -2.28. The van der Waals surface area contributed by atoms with Crippen molar-refractivity contribution in [3.8, 4) is 5.75 Å². The van der Waals surface area contributed by atoms with E-state index in [2.05, 4.69) is 26.2 Å². The molecule has 1 heterocycles. The van der Waals surface area contributed by atoms with Crippen molar-refractivity contribution in [2.45, 2.75) is 69.0 Å². The van der Waals surface area contributed by atoms with E-state index in [0.717, 1.165) is 79.8 Å². The molecule has 42 heavy (non-hydrogen) atoms. The Morgan fingerprint density at radius 1 is 0.762 bits per heavy atom. The van der Waals surface area contributed by atoms with Crippen LogP contribution in [0.15, 0.2) is 53.4 Å². The maximum atomic E-state index is 12.6. The van der Waals surface area contributed by atoms with Crippen LogP contribution in [0.4, 0.5) is 24.9 Å². The molecule has 0 saturated heterocycles. The first-order valence-corrected chi connectivity index (χ1v) is 16.2. The summed E-state index contributed by atoms with van der Waals surface area (Å²) in [4.78, 5) is 9.46. The molecule has 2 aromatic carbocycles. The number of ether oxygens (including phenoxy) is 1. The van der Waals surface area contributed by atoms with E-state index in [1.165, 1.54) is 32.1 Å². The fraction of sp³-hybridized carbons (Fsp3) is 0.533. The van der Waals surface area contributed by atoms with Gasteiger partial charge in [0.1, 0.15) is 11.6 Å². The largest absolute Gasteiger partial charge is 0.573 e. The summed E-state index contributed by atoms with van der Waals surface area (Å²) in [6.07, 6.45) is 5.28. The third-order valence-electron chi connectivity index (χ3n) is 8.33. The fourth-order valence-corrected chi connectivity index (χ4v) is 7.05. The Bertz CT molecular complexity index is 1420. The van der Waals surface area contributed by atoms with E-state index in [9.17, 15) is 21.6 Å². The molecule has 0 atom stereocenters. The summed E-state index contributed by atoms with van der Waals surface area (Å²) >= 11 is 0. The number of nitrogens with one attached hydrogen (secondary N) is 3. The van der Waals surface area contributed by atoms with Gasteiger partial charge in [-0.15, -0.1) is 13.2 Å². The van der Waals surface area contributed by atoms with Crippen LogP contribution in [-0.4, -0.2) is 44.4 Å². The number of halogens is 3. The minimum absolute atomic E-state index is 0.0992. The molecule has 8 nitrogen and oxygen atoms in total. The van der Waals surface area contributed by atoms with Crippen LogP contribution in [0.3, 0.4) is 0 Å². The molecule has 1 aromatic heterocycles. The molecule has 228 valence electrons. The standard InChI is InChI=1S/C30H38F3N5O3S/c31-30(32,33)41-24-14-16-25(17-15-24)42(39,40)36-20-23-12-10-22(11-13-23)19-35-29-37-27-9-5-4-8-26(27)28(38-29)34-18-21-6-2-1-3-7-21/h4-5,8-9,14-17,21-23,36H,1-3,6-7,10-13,18-20H2,(H2,34,35,37,38). The zero-order valence-electron chi connectivity index (χ0n) is 23.5. The monoisotopic (exact) mass is 605 g/mol. The number of benzene rings is 2. The summed E-state index contributed by atoms with van der Waals surface area (Å²) in [5.74, 6) is 2.31. The van der Waals surface area contributed by atoms with E-state index >= 15 is 0 Å². The molecule has 12 heteroatoms. The van der Waals surface area contributed by atoms with Gasteiger partial charge in [0, 0.05) is 25.0 Å². The zero-order valence-corrected chi connectivity index (χ0v) is 24.3. The number of sulfonamides is 1. The number of rotatable bonds is 11. The second-order valence-electron chi connectivity index (χ2n) is 11.4. The topological polar surface area (TPSA) is 105 Å². The highest BCUT2D eigenvalue weighted by atomic mass is 32.2. The fourth-order valence-electron chi connectivity index (χ4n) is 5.93. The van der Waals surface area contributed by atoms with E-state index in [1.54, 1.807) is 0 Å². The van der Waals surface area contributed by atoms with Crippen molar-refractivity contribution in [1.82, 2.24) is 14.7 Å². The molecule has 0 spiro atoms. The Kier molecular flexibility index (Phi) is 9.72. The van der Waals surface area contributed by atoms with Crippen LogP contribution in [-0.2, 0) is 10.0 Å². The van der Waals surface area contributed by atoms with Crippen molar-refractivity contribution in [1.29, 1.82) is 0 Å². The number of para-hydroxylation sites is 1. The van der Waals surface area contributed by atoms with Gasteiger partial charge >= 0.3 is 6.36 Å². The average Bonchev–Trinajstić information content (AvgIpc) is 2.98. The molecule has 5 rings (SSSR count). The zero-order chi connectivity index (χ0) is 29.6. The molecule has 2 aliphatic rings. The normalized spacial score (nSPS) is 20.4. The molecule has 0 amide bonds. The third kappa shape index (κ3) is 8.47. The van der Waals surface area contributed by atoms with Gasteiger partial charge in [0.05, 0.1) is 10.4 Å². The summed E-state index contributed by atoms with van der Waals surface area (Å²) in [6.45, 7) is 1.95. The Hall–Kier alpha value is -3.12. The number of hydrogen-bond donors (Lipinski definition) is 3. The molecule has 0 aliphatic heterocycles. The van der Waals surface area contributed by atoms with E-state index in [0.29, 0.717) is 17.8 Å². The molecular formula is C30H38F3N5O3S. The maximum Gasteiger partial charge on any atom is 0.573 e. The highest BCUT2D eigenvalue weighted by molar-refractivity contribution is 7.89. The number of hydrogen-bond acceptors (Lipinski definition) is 7. The minimum atomic E-state index is -4.83. The van der Waals surface area contributed by atoms with Crippen molar-refractivity contribution in [2.75, 3.05) is 30.3 Å². The Morgan fingerprint density at radius 3 is 2.07 bits per heavy atom. The van der Waals surface area contributed by atoms with E-state index in [-0.39, 0.29) is 17.4 Å². The number of aromatic nitrogens is 2. The first-order valence-electron chi connectivity index (χ1n) is 14.7. The molecule has 2 aliphatic carbocycles. The molecule has 3 N–H and O–H groups in total. The second-order valence-corrected chi connectivity index (χ2v) is 13.2. The van der Waals surface area contributed by atoms with Crippen LogP contribution in [0.2, 0.25) is 0 Å². The molecule has 2 saturated carbocycles. The highest BCUT2D eigenvalue weighted by Gasteiger charge is 2.31. The van der Waals surface area contributed by atoms with Crippen molar-refractivity contribution >= 4 is 32.7 Å². The van der Waals surface area contributed by atoms with Crippen molar-refractivity contribution < 1.29 is 26.3 Å². The van der Waals surface area contributed by atoms with E-state index < -0.39 is 22.1 Å². The molecule has 0 unspecified atom stereocenters. The van der Waals surface area contributed by atoms with Crippen LogP contribution in [0.1, 0.15) is 57.8 Å². The van der Waals surface area contributed by atoms with Gasteiger partial charge in [-0.1, -0.05) is 31.4 Å². The number of nitrogens with zero attached hydrogens (tertiary/aromatic N) is 2. The summed E-state index contributed by atoms with van der Waals surface area (Å²) in [7, 11) is -3.84. The first kappa shape index (κ1) is 30.3. The molecule has 0 bridgehead atoms. The van der Waals surface area contributed by atoms with Gasteiger partial charge in [-0.05, 0) is 92.7 Å². The Labute approximate surface area is 244 Å². The highest BCUT2D eigenvalue weighted by Crippen LogP contribution is 2.30. The summed E-state index contributed by atoms with van der Waals surface area (Å²) in [6, 6.07) is 12.3.